The Balaban J connectivity index is 1.57. The number of benzene rings is 2. The molecule has 190 valence electrons. The van der Waals surface area contributed by atoms with E-state index in [-0.39, 0.29) is 24.4 Å². The number of fused-ring (bicyclic) bond motifs is 1. The number of methoxy groups -OCH3 is 1. The number of thiophene rings is 1. The lowest BCUT2D eigenvalue weighted by molar-refractivity contribution is -0.136. The first-order chi connectivity index (χ1) is 17.2. The second-order valence-electron chi connectivity index (χ2n) is 10.0. The second-order valence-corrected chi connectivity index (χ2v) is 11.0. The Morgan fingerprint density at radius 1 is 1.08 bits per heavy atom. The molecule has 1 aliphatic heterocycles. The normalized spacial score (nSPS) is 15.2. The van der Waals surface area contributed by atoms with Gasteiger partial charge in [0.15, 0.2) is 0 Å². The topological polar surface area (TPSA) is 59.1 Å². The highest BCUT2D eigenvalue weighted by molar-refractivity contribution is 7.10. The molecule has 0 saturated heterocycles. The van der Waals surface area contributed by atoms with Crippen LogP contribution in [0.5, 0.6) is 11.5 Å². The van der Waals surface area contributed by atoms with E-state index in [1.54, 1.807) is 41.5 Å². The molecule has 1 unspecified atom stereocenters. The van der Waals surface area contributed by atoms with E-state index in [0.29, 0.717) is 24.5 Å². The molecule has 0 saturated carbocycles. The number of rotatable bonds is 7. The lowest BCUT2D eigenvalue weighted by Crippen LogP contribution is -2.53. The van der Waals surface area contributed by atoms with E-state index in [1.807, 2.05) is 62.9 Å². The predicted molar refractivity (Wildman–Crippen MR) is 143 cm³/mol. The number of hydrogen-bond donors (Lipinski definition) is 0. The van der Waals surface area contributed by atoms with E-state index in [1.165, 1.54) is 10.4 Å². The van der Waals surface area contributed by atoms with Crippen molar-refractivity contribution >= 4 is 23.2 Å². The van der Waals surface area contributed by atoms with Crippen LogP contribution in [0, 0.1) is 6.92 Å². The van der Waals surface area contributed by atoms with Crippen LogP contribution in [0.4, 0.5) is 0 Å². The highest BCUT2D eigenvalue weighted by Gasteiger charge is 2.36. The molecule has 2 heterocycles. The molecule has 0 fully saturated rings. The Bertz CT molecular complexity index is 1210. The first kappa shape index (κ1) is 25.8. The molecule has 7 heteroatoms. The monoisotopic (exact) mass is 506 g/mol. The summed E-state index contributed by atoms with van der Waals surface area (Å²) < 4.78 is 11.6. The molecule has 0 spiro atoms. The zero-order valence-electron chi connectivity index (χ0n) is 21.6. The maximum atomic E-state index is 13.8. The maximum absolute atomic E-state index is 13.8. The summed E-state index contributed by atoms with van der Waals surface area (Å²) >= 11 is 1.72. The van der Waals surface area contributed by atoms with Crippen LogP contribution in [0.1, 0.15) is 53.2 Å². The number of para-hydroxylation sites is 1. The Morgan fingerprint density at radius 3 is 2.50 bits per heavy atom. The molecule has 1 aromatic heterocycles. The van der Waals surface area contributed by atoms with Crippen molar-refractivity contribution in [2.75, 3.05) is 26.8 Å². The van der Waals surface area contributed by atoms with Gasteiger partial charge in [-0.2, -0.15) is 0 Å². The van der Waals surface area contributed by atoms with Gasteiger partial charge in [0, 0.05) is 17.0 Å². The molecule has 0 radical (unpaired) electrons. The molecule has 6 nitrogen and oxygen atoms in total. The van der Waals surface area contributed by atoms with Crippen molar-refractivity contribution in [2.45, 2.75) is 45.7 Å². The van der Waals surface area contributed by atoms with Gasteiger partial charge in [0.2, 0.25) is 5.91 Å². The Kier molecular flexibility index (Phi) is 7.69. The first-order valence-electron chi connectivity index (χ1n) is 12.2. The molecule has 1 atom stereocenters. The van der Waals surface area contributed by atoms with Crippen molar-refractivity contribution in [2.24, 2.45) is 0 Å². The summed E-state index contributed by atoms with van der Waals surface area (Å²) in [5.74, 6) is 0.948. The minimum absolute atomic E-state index is 0.0269. The van der Waals surface area contributed by atoms with Crippen molar-refractivity contribution in [3.63, 3.8) is 0 Å². The largest absolute Gasteiger partial charge is 0.496 e. The van der Waals surface area contributed by atoms with E-state index >= 15 is 0 Å². The SMILES string of the molecule is COc1ccccc1C(=O)N(CC(=O)N1CCc2sccc2C1COc1ccc(C)cc1)C(C)(C)C. The minimum atomic E-state index is -0.565. The van der Waals surface area contributed by atoms with Crippen LogP contribution >= 0.6 is 11.3 Å². The fraction of sp³-hybridized carbons (Fsp3) is 0.379. The smallest absolute Gasteiger partial charge is 0.258 e. The summed E-state index contributed by atoms with van der Waals surface area (Å²) in [5.41, 5.74) is 2.18. The third-order valence-corrected chi connectivity index (χ3v) is 7.53. The van der Waals surface area contributed by atoms with Gasteiger partial charge >= 0.3 is 0 Å². The van der Waals surface area contributed by atoms with Crippen molar-refractivity contribution < 1.29 is 19.1 Å². The molecule has 0 aliphatic carbocycles. The summed E-state index contributed by atoms with van der Waals surface area (Å²) in [6.45, 7) is 8.79. The van der Waals surface area contributed by atoms with Crippen LogP contribution in [-0.2, 0) is 11.2 Å². The predicted octanol–water partition coefficient (Wildman–Crippen LogP) is 5.51. The lowest BCUT2D eigenvalue weighted by atomic mass is 9.99. The summed E-state index contributed by atoms with van der Waals surface area (Å²) in [4.78, 5) is 32.2. The van der Waals surface area contributed by atoms with Crippen molar-refractivity contribution in [3.8, 4) is 11.5 Å². The minimum Gasteiger partial charge on any atom is -0.496 e. The number of ether oxygens (including phenoxy) is 2. The maximum Gasteiger partial charge on any atom is 0.258 e. The standard InChI is InChI=1S/C29H34N2O4S/c1-20-10-12-21(13-11-20)35-19-24-22-15-17-36-26(22)14-16-30(24)27(32)18-31(29(2,3)4)28(33)23-8-6-7-9-25(23)34-5/h6-13,15,17,24H,14,16,18-19H2,1-5H3. The first-order valence-corrected chi connectivity index (χ1v) is 13.1. The lowest BCUT2D eigenvalue weighted by Gasteiger charge is -2.40. The average molecular weight is 507 g/mol. The van der Waals surface area contributed by atoms with Crippen molar-refractivity contribution in [1.29, 1.82) is 0 Å². The molecule has 2 aromatic carbocycles. The molecule has 2 amide bonds. The summed E-state index contributed by atoms with van der Waals surface area (Å²) in [7, 11) is 1.55. The van der Waals surface area contributed by atoms with Gasteiger partial charge in [-0.1, -0.05) is 29.8 Å². The van der Waals surface area contributed by atoms with Gasteiger partial charge in [-0.15, -0.1) is 11.3 Å². The van der Waals surface area contributed by atoms with E-state index < -0.39 is 5.54 Å². The van der Waals surface area contributed by atoms with Gasteiger partial charge < -0.3 is 19.3 Å². The van der Waals surface area contributed by atoms with Crippen molar-refractivity contribution in [1.82, 2.24) is 9.80 Å². The number of carbonyl (C=O) groups excluding carboxylic acids is 2. The summed E-state index contributed by atoms with van der Waals surface area (Å²) in [5, 5.41) is 2.07. The number of hydrogen-bond acceptors (Lipinski definition) is 5. The number of nitrogens with zero attached hydrogens (tertiary/aromatic N) is 2. The molecule has 1 aliphatic rings. The Hall–Kier alpha value is -3.32. The molecule has 36 heavy (non-hydrogen) atoms. The van der Waals surface area contributed by atoms with Crippen LogP contribution in [0.25, 0.3) is 0 Å². The van der Waals surface area contributed by atoms with E-state index in [4.69, 9.17) is 9.47 Å². The summed E-state index contributed by atoms with van der Waals surface area (Å²) in [6.07, 6.45) is 0.801. The van der Waals surface area contributed by atoms with Crippen LogP contribution in [0.3, 0.4) is 0 Å². The zero-order chi connectivity index (χ0) is 25.9. The van der Waals surface area contributed by atoms with Crippen LogP contribution in [0.2, 0.25) is 0 Å². The van der Waals surface area contributed by atoms with Gasteiger partial charge in [0.25, 0.3) is 5.91 Å². The molecular formula is C29H34N2O4S. The summed E-state index contributed by atoms with van der Waals surface area (Å²) in [6, 6.07) is 16.9. The Labute approximate surface area is 217 Å². The molecule has 4 rings (SSSR count). The highest BCUT2D eigenvalue weighted by Crippen LogP contribution is 2.34. The van der Waals surface area contributed by atoms with E-state index in [9.17, 15) is 9.59 Å². The van der Waals surface area contributed by atoms with Gasteiger partial charge in [0.05, 0.1) is 18.7 Å². The molecular weight excluding hydrogens is 472 g/mol. The van der Waals surface area contributed by atoms with Gasteiger partial charge in [-0.05, 0) is 75.4 Å². The van der Waals surface area contributed by atoms with Crippen molar-refractivity contribution in [3.05, 3.63) is 81.5 Å². The second kappa shape index (κ2) is 10.7. The van der Waals surface area contributed by atoms with Gasteiger partial charge in [-0.25, -0.2) is 0 Å². The van der Waals surface area contributed by atoms with Gasteiger partial charge in [0.1, 0.15) is 24.7 Å². The van der Waals surface area contributed by atoms with Crippen LogP contribution in [-0.4, -0.2) is 54.0 Å². The number of aryl methyl sites for hydroxylation is 1. The molecule has 3 aromatic rings. The fourth-order valence-electron chi connectivity index (χ4n) is 4.49. The zero-order valence-corrected chi connectivity index (χ0v) is 22.4. The Morgan fingerprint density at radius 2 is 1.81 bits per heavy atom. The van der Waals surface area contributed by atoms with Crippen LogP contribution < -0.4 is 9.47 Å². The fourth-order valence-corrected chi connectivity index (χ4v) is 5.42. The van der Waals surface area contributed by atoms with E-state index in [0.717, 1.165) is 17.7 Å². The third kappa shape index (κ3) is 5.57. The van der Waals surface area contributed by atoms with Crippen LogP contribution in [0.15, 0.2) is 60.0 Å². The average Bonchev–Trinajstić information content (AvgIpc) is 3.34. The van der Waals surface area contributed by atoms with Gasteiger partial charge in [-0.3, -0.25) is 9.59 Å². The third-order valence-electron chi connectivity index (χ3n) is 6.53. The quantitative estimate of drug-likeness (QED) is 0.424. The highest BCUT2D eigenvalue weighted by atomic mass is 32.1. The number of amides is 2. The molecule has 0 bridgehead atoms. The van der Waals surface area contributed by atoms with E-state index in [2.05, 4.69) is 11.4 Å². The molecule has 0 N–H and O–H groups in total. The number of carbonyl (C=O) groups is 2.